The summed E-state index contributed by atoms with van der Waals surface area (Å²) in [5, 5.41) is 15.2. The molecule has 0 aromatic carbocycles. The van der Waals surface area contributed by atoms with Crippen LogP contribution in [0.3, 0.4) is 0 Å². The highest BCUT2D eigenvalue weighted by Crippen LogP contribution is 2.48. The zero-order valence-electron chi connectivity index (χ0n) is 17.3. The van der Waals surface area contributed by atoms with E-state index in [9.17, 15) is 0 Å². The van der Waals surface area contributed by atoms with Crippen molar-refractivity contribution in [3.63, 3.8) is 0 Å². The van der Waals surface area contributed by atoms with E-state index in [1.165, 1.54) is 73.0 Å². The van der Waals surface area contributed by atoms with Gasteiger partial charge in [-0.2, -0.15) is 0 Å². The third-order valence-electron chi connectivity index (χ3n) is 6.77. The minimum Gasteiger partial charge on any atom is -0.262 e. The van der Waals surface area contributed by atoms with Crippen molar-refractivity contribution in [2.24, 2.45) is 0 Å². The Bertz CT molecular complexity index is 1020. The fraction of sp³-hybridized carbons (Fsp3) is 0.522. The van der Waals surface area contributed by atoms with Crippen molar-refractivity contribution in [1.29, 1.82) is 0 Å². The number of aryl methyl sites for hydroxylation is 2. The Balaban J connectivity index is 1.87. The first-order valence-corrected chi connectivity index (χ1v) is 10.9. The van der Waals surface area contributed by atoms with Crippen molar-refractivity contribution >= 4 is 0 Å². The number of rotatable bonds is 3. The fourth-order valence-corrected chi connectivity index (χ4v) is 5.26. The molecule has 6 nitrogen and oxygen atoms in total. The second-order valence-corrected chi connectivity index (χ2v) is 8.90. The predicted molar refractivity (Wildman–Crippen MR) is 112 cm³/mol. The quantitative estimate of drug-likeness (QED) is 0.656. The van der Waals surface area contributed by atoms with E-state index in [2.05, 4.69) is 51.6 Å². The lowest BCUT2D eigenvalue weighted by atomic mass is 9.78. The zero-order chi connectivity index (χ0) is 19.8. The van der Waals surface area contributed by atoms with Gasteiger partial charge in [0.25, 0.3) is 0 Å². The van der Waals surface area contributed by atoms with Crippen LogP contribution in [0.4, 0.5) is 0 Å². The van der Waals surface area contributed by atoms with Crippen LogP contribution in [0.5, 0.6) is 0 Å². The first-order chi connectivity index (χ1) is 14.2. The minimum absolute atomic E-state index is 0.0697. The molecule has 0 spiro atoms. The van der Waals surface area contributed by atoms with Crippen LogP contribution in [0.1, 0.15) is 74.5 Å². The van der Waals surface area contributed by atoms with Crippen LogP contribution in [0.15, 0.2) is 18.3 Å². The molecule has 0 aliphatic heterocycles. The van der Waals surface area contributed by atoms with Crippen LogP contribution >= 0.6 is 0 Å². The second kappa shape index (κ2) is 7.32. The number of H-pyrrole nitrogens is 1. The maximum Gasteiger partial charge on any atom is 0.181 e. The first kappa shape index (κ1) is 18.4. The van der Waals surface area contributed by atoms with Crippen molar-refractivity contribution < 1.29 is 0 Å². The number of tetrazole rings is 1. The molecule has 3 aromatic heterocycles. The topological polar surface area (TPSA) is 80.2 Å². The second-order valence-electron chi connectivity index (χ2n) is 8.90. The molecule has 0 bridgehead atoms. The van der Waals surface area contributed by atoms with E-state index in [4.69, 9.17) is 4.98 Å². The SMILES string of the molecule is Cc1cc(-c2c3c(nc(C4(C)CCCC4)c2-c2nnn[nH]2)CCCCC3)ccn1. The highest BCUT2D eigenvalue weighted by atomic mass is 15.5. The monoisotopic (exact) mass is 388 g/mol. The molecule has 1 fully saturated rings. The Kier molecular flexibility index (Phi) is 4.64. The zero-order valence-corrected chi connectivity index (χ0v) is 17.3. The Hall–Kier alpha value is -2.63. The highest BCUT2D eigenvalue weighted by molar-refractivity contribution is 5.85. The number of pyridine rings is 2. The van der Waals surface area contributed by atoms with Gasteiger partial charge in [0.15, 0.2) is 5.82 Å². The third-order valence-corrected chi connectivity index (χ3v) is 6.77. The molecule has 29 heavy (non-hydrogen) atoms. The summed E-state index contributed by atoms with van der Waals surface area (Å²) in [6.07, 6.45) is 12.6. The molecule has 1 N–H and O–H groups in total. The summed E-state index contributed by atoms with van der Waals surface area (Å²) in [7, 11) is 0. The van der Waals surface area contributed by atoms with Gasteiger partial charge in [0.2, 0.25) is 0 Å². The molecule has 0 atom stereocenters. The van der Waals surface area contributed by atoms with Gasteiger partial charge in [-0.05, 0) is 84.7 Å². The van der Waals surface area contributed by atoms with Crippen LogP contribution in [-0.2, 0) is 18.3 Å². The van der Waals surface area contributed by atoms with E-state index in [0.717, 1.165) is 29.9 Å². The number of hydrogen-bond acceptors (Lipinski definition) is 5. The van der Waals surface area contributed by atoms with E-state index >= 15 is 0 Å². The van der Waals surface area contributed by atoms with E-state index in [-0.39, 0.29) is 5.41 Å². The summed E-state index contributed by atoms with van der Waals surface area (Å²) in [5.41, 5.74) is 8.51. The molecule has 2 aliphatic rings. The minimum atomic E-state index is 0.0697. The van der Waals surface area contributed by atoms with Gasteiger partial charge in [0.1, 0.15) is 0 Å². The van der Waals surface area contributed by atoms with E-state index in [0.29, 0.717) is 0 Å². The fourth-order valence-electron chi connectivity index (χ4n) is 5.26. The van der Waals surface area contributed by atoms with Crippen LogP contribution in [-0.4, -0.2) is 30.6 Å². The predicted octanol–water partition coefficient (Wildman–Crippen LogP) is 4.73. The molecule has 2 aliphatic carbocycles. The number of nitrogens with one attached hydrogen (secondary N) is 1. The lowest BCUT2D eigenvalue weighted by Gasteiger charge is -2.29. The van der Waals surface area contributed by atoms with Crippen molar-refractivity contribution in [2.45, 2.75) is 77.0 Å². The van der Waals surface area contributed by atoms with E-state index < -0.39 is 0 Å². The average Bonchev–Trinajstić information content (AvgIpc) is 3.35. The standard InChI is InChI=1S/C23H28N6/c1-15-14-16(10-13-24-15)19-17-8-4-3-5-9-18(17)25-21(23(2)11-6-7-12-23)20(19)22-26-28-29-27-22/h10,13-14H,3-9,11-12H2,1-2H3,(H,26,27,28,29). The number of nitrogens with zero attached hydrogens (tertiary/aromatic N) is 5. The van der Waals surface area contributed by atoms with Gasteiger partial charge in [0.05, 0.1) is 11.3 Å². The summed E-state index contributed by atoms with van der Waals surface area (Å²) in [5.74, 6) is 0.733. The molecule has 5 rings (SSSR count). The highest BCUT2D eigenvalue weighted by Gasteiger charge is 2.37. The first-order valence-electron chi connectivity index (χ1n) is 10.9. The van der Waals surface area contributed by atoms with Gasteiger partial charge >= 0.3 is 0 Å². The maximum absolute atomic E-state index is 5.36. The van der Waals surface area contributed by atoms with Gasteiger partial charge in [0, 0.05) is 23.0 Å². The Morgan fingerprint density at radius 2 is 1.83 bits per heavy atom. The molecule has 3 heterocycles. The Labute approximate surface area is 171 Å². The molecule has 0 amide bonds. The largest absolute Gasteiger partial charge is 0.262 e. The Morgan fingerprint density at radius 3 is 2.59 bits per heavy atom. The maximum atomic E-state index is 5.36. The summed E-state index contributed by atoms with van der Waals surface area (Å²) in [6, 6.07) is 4.32. The van der Waals surface area contributed by atoms with Crippen LogP contribution < -0.4 is 0 Å². The molecule has 3 aromatic rings. The molecule has 0 saturated heterocycles. The Morgan fingerprint density at radius 1 is 1.00 bits per heavy atom. The van der Waals surface area contributed by atoms with Crippen LogP contribution in [0, 0.1) is 6.92 Å². The summed E-state index contributed by atoms with van der Waals surface area (Å²) in [6.45, 7) is 4.43. The molecular formula is C23H28N6. The average molecular weight is 389 g/mol. The van der Waals surface area contributed by atoms with E-state index in [1.54, 1.807) is 0 Å². The molecule has 0 radical (unpaired) electrons. The van der Waals surface area contributed by atoms with Crippen molar-refractivity contribution in [3.8, 4) is 22.5 Å². The molecule has 150 valence electrons. The normalized spacial score (nSPS) is 18.4. The number of fused-ring (bicyclic) bond motifs is 1. The van der Waals surface area contributed by atoms with Gasteiger partial charge in [-0.3, -0.25) is 9.97 Å². The summed E-state index contributed by atoms with van der Waals surface area (Å²) < 4.78 is 0. The van der Waals surface area contributed by atoms with Crippen molar-refractivity contribution in [1.82, 2.24) is 30.6 Å². The number of aromatic amines is 1. The van der Waals surface area contributed by atoms with Gasteiger partial charge < -0.3 is 0 Å². The van der Waals surface area contributed by atoms with Crippen molar-refractivity contribution in [2.75, 3.05) is 0 Å². The van der Waals surface area contributed by atoms with Crippen LogP contribution in [0.25, 0.3) is 22.5 Å². The van der Waals surface area contributed by atoms with Crippen LogP contribution in [0.2, 0.25) is 0 Å². The summed E-state index contributed by atoms with van der Waals surface area (Å²) >= 11 is 0. The third kappa shape index (κ3) is 3.24. The lowest BCUT2D eigenvalue weighted by Crippen LogP contribution is -2.23. The number of aromatic nitrogens is 6. The molecule has 0 unspecified atom stereocenters. The molecular weight excluding hydrogens is 360 g/mol. The summed E-state index contributed by atoms with van der Waals surface area (Å²) in [4.78, 5) is 9.80. The van der Waals surface area contributed by atoms with Gasteiger partial charge in [-0.1, -0.05) is 26.2 Å². The smallest absolute Gasteiger partial charge is 0.181 e. The molecule has 6 heteroatoms. The molecule has 1 saturated carbocycles. The van der Waals surface area contributed by atoms with E-state index in [1.807, 2.05) is 6.20 Å². The van der Waals surface area contributed by atoms with Crippen molar-refractivity contribution in [3.05, 3.63) is 41.0 Å². The number of hydrogen-bond donors (Lipinski definition) is 1. The van der Waals surface area contributed by atoms with Gasteiger partial charge in [-0.25, -0.2) is 5.10 Å². The van der Waals surface area contributed by atoms with Gasteiger partial charge in [-0.15, -0.1) is 5.10 Å². The lowest BCUT2D eigenvalue weighted by molar-refractivity contribution is 0.475.